The summed E-state index contributed by atoms with van der Waals surface area (Å²) < 4.78 is 65.1. The van der Waals surface area contributed by atoms with E-state index in [1.54, 1.807) is 11.0 Å². The zero-order valence-electron chi connectivity index (χ0n) is 17.3. The lowest BCUT2D eigenvalue weighted by atomic mass is 9.78. The number of hydrogen-bond donors (Lipinski definition) is 1. The number of sulfonamides is 1. The second kappa shape index (κ2) is 8.67. The van der Waals surface area contributed by atoms with Crippen LogP contribution in [0.15, 0.2) is 18.2 Å². The molecule has 2 heterocycles. The smallest absolute Gasteiger partial charge is 0.370 e. The van der Waals surface area contributed by atoms with E-state index in [0.717, 1.165) is 12.1 Å². The van der Waals surface area contributed by atoms with E-state index in [1.165, 1.54) is 23.7 Å². The van der Waals surface area contributed by atoms with E-state index in [1.807, 2.05) is 0 Å². The number of alkyl halides is 3. The van der Waals surface area contributed by atoms with Crippen molar-refractivity contribution in [3.63, 3.8) is 0 Å². The molecule has 1 N–H and O–H groups in total. The summed E-state index contributed by atoms with van der Waals surface area (Å²) in [6.07, 6.45) is -2.29. The molecule has 2 aliphatic rings. The summed E-state index contributed by atoms with van der Waals surface area (Å²) in [6, 6.07) is 5.18. The molecule has 2 aliphatic heterocycles. The SMILES string of the molecule is CNC(=O)C1CN(c2ccc(C#N)c(C(F)(F)F)c2)CC1C1CCN(S(C)(=O)=O)CC1. The summed E-state index contributed by atoms with van der Waals surface area (Å²) in [7, 11) is -1.75. The van der Waals surface area contributed by atoms with Gasteiger partial charge >= 0.3 is 6.18 Å². The Kier molecular flexibility index (Phi) is 6.53. The lowest BCUT2D eigenvalue weighted by molar-refractivity contribution is -0.137. The first-order chi connectivity index (χ1) is 14.5. The lowest BCUT2D eigenvalue weighted by Crippen LogP contribution is -2.42. The van der Waals surface area contributed by atoms with Crippen LogP contribution in [0.2, 0.25) is 0 Å². The van der Waals surface area contributed by atoms with Crippen LogP contribution >= 0.6 is 0 Å². The van der Waals surface area contributed by atoms with Crippen LogP contribution < -0.4 is 10.2 Å². The number of halogens is 3. The van der Waals surface area contributed by atoms with Gasteiger partial charge in [-0.2, -0.15) is 18.4 Å². The highest BCUT2D eigenvalue weighted by Crippen LogP contribution is 2.40. The third-order valence-corrected chi connectivity index (χ3v) is 7.62. The van der Waals surface area contributed by atoms with E-state index in [4.69, 9.17) is 5.26 Å². The molecule has 0 spiro atoms. The van der Waals surface area contributed by atoms with Gasteiger partial charge in [0.15, 0.2) is 0 Å². The average Bonchev–Trinajstić information content (AvgIpc) is 3.17. The molecule has 0 bridgehead atoms. The minimum absolute atomic E-state index is 0.0887. The first-order valence-corrected chi connectivity index (χ1v) is 11.8. The van der Waals surface area contributed by atoms with Gasteiger partial charge in [0.2, 0.25) is 15.9 Å². The minimum Gasteiger partial charge on any atom is -0.370 e. The van der Waals surface area contributed by atoms with Gasteiger partial charge in [0.1, 0.15) is 0 Å². The Bertz CT molecular complexity index is 982. The van der Waals surface area contributed by atoms with Crippen molar-refractivity contribution in [2.75, 3.05) is 44.4 Å². The second-order valence-corrected chi connectivity index (χ2v) is 10.1. The first-order valence-electron chi connectivity index (χ1n) is 9.98. The monoisotopic (exact) mass is 458 g/mol. The van der Waals surface area contributed by atoms with Crippen LogP contribution in [0.1, 0.15) is 24.0 Å². The van der Waals surface area contributed by atoms with E-state index in [9.17, 15) is 26.4 Å². The van der Waals surface area contributed by atoms with Crippen molar-refractivity contribution in [2.45, 2.75) is 19.0 Å². The molecule has 0 saturated carbocycles. The van der Waals surface area contributed by atoms with Gasteiger partial charge < -0.3 is 10.2 Å². The number of carbonyl (C=O) groups excluding carboxylic acids is 1. The molecule has 0 aromatic heterocycles. The Balaban J connectivity index is 1.84. The van der Waals surface area contributed by atoms with Gasteiger partial charge in [-0.05, 0) is 42.9 Å². The Morgan fingerprint density at radius 2 is 1.87 bits per heavy atom. The van der Waals surface area contributed by atoms with Crippen molar-refractivity contribution in [1.29, 1.82) is 5.26 Å². The highest BCUT2D eigenvalue weighted by molar-refractivity contribution is 7.88. The normalized spacial score (nSPS) is 23.5. The third kappa shape index (κ3) is 4.96. The molecule has 3 rings (SSSR count). The number of amides is 1. The number of benzene rings is 1. The van der Waals surface area contributed by atoms with Crippen molar-refractivity contribution in [2.24, 2.45) is 17.8 Å². The summed E-state index contributed by atoms with van der Waals surface area (Å²) in [4.78, 5) is 14.3. The molecule has 31 heavy (non-hydrogen) atoms. The van der Waals surface area contributed by atoms with Gasteiger partial charge in [0, 0.05) is 38.9 Å². The molecule has 11 heteroatoms. The van der Waals surface area contributed by atoms with Crippen LogP contribution in [0.25, 0.3) is 0 Å². The predicted octanol–water partition coefficient (Wildman–Crippen LogP) is 2.05. The van der Waals surface area contributed by atoms with Gasteiger partial charge in [0.05, 0.1) is 29.4 Å². The molecule has 2 unspecified atom stereocenters. The largest absolute Gasteiger partial charge is 0.417 e. The summed E-state index contributed by atoms with van der Waals surface area (Å²) in [6.45, 7) is 1.40. The molecule has 2 saturated heterocycles. The Morgan fingerprint density at radius 1 is 1.23 bits per heavy atom. The molecule has 0 aliphatic carbocycles. The number of carbonyl (C=O) groups is 1. The highest BCUT2D eigenvalue weighted by atomic mass is 32.2. The second-order valence-electron chi connectivity index (χ2n) is 8.13. The summed E-state index contributed by atoms with van der Waals surface area (Å²) in [5, 5.41) is 11.7. The predicted molar refractivity (Wildman–Crippen MR) is 109 cm³/mol. The maximum atomic E-state index is 13.4. The molecule has 7 nitrogen and oxygen atoms in total. The van der Waals surface area contributed by atoms with Gasteiger partial charge in [-0.1, -0.05) is 0 Å². The zero-order chi connectivity index (χ0) is 23.0. The fourth-order valence-corrected chi connectivity index (χ4v) is 5.55. The summed E-state index contributed by atoms with van der Waals surface area (Å²) in [5.74, 6) is -0.607. The standard InChI is InChI=1S/C20H25F3N4O3S/c1-25-19(28)17-12-26(15-4-3-14(10-24)18(9-15)20(21,22)23)11-16(17)13-5-7-27(8-6-13)31(2,29)30/h3-4,9,13,16-17H,5-8,11-12H2,1-2H3,(H,25,28). The van der Waals surface area contributed by atoms with Crippen LogP contribution in [-0.4, -0.2) is 58.1 Å². The fourth-order valence-electron chi connectivity index (χ4n) is 4.68. The number of nitrogens with one attached hydrogen (secondary N) is 1. The molecule has 1 aromatic carbocycles. The quantitative estimate of drug-likeness (QED) is 0.746. The minimum atomic E-state index is -4.65. The summed E-state index contributed by atoms with van der Waals surface area (Å²) in [5.41, 5.74) is -1.12. The van der Waals surface area contributed by atoms with Crippen LogP contribution in [0, 0.1) is 29.1 Å². The molecule has 170 valence electrons. The number of nitriles is 1. The molecular weight excluding hydrogens is 433 g/mol. The molecule has 1 aromatic rings. The molecule has 1 amide bonds. The van der Waals surface area contributed by atoms with Crippen molar-refractivity contribution in [1.82, 2.24) is 9.62 Å². The van der Waals surface area contributed by atoms with Crippen LogP contribution in [0.3, 0.4) is 0 Å². The lowest BCUT2D eigenvalue weighted by Gasteiger charge is -2.35. The molecule has 2 atom stereocenters. The van der Waals surface area contributed by atoms with Crippen molar-refractivity contribution in [3.05, 3.63) is 29.3 Å². The number of anilines is 1. The Labute approximate surface area is 179 Å². The van der Waals surface area contributed by atoms with E-state index < -0.39 is 33.2 Å². The van der Waals surface area contributed by atoms with Crippen molar-refractivity contribution in [3.8, 4) is 6.07 Å². The maximum absolute atomic E-state index is 13.4. The number of rotatable bonds is 4. The van der Waals surface area contributed by atoms with Crippen molar-refractivity contribution >= 4 is 21.6 Å². The third-order valence-electron chi connectivity index (χ3n) is 6.32. The average molecular weight is 459 g/mol. The van der Waals surface area contributed by atoms with Gasteiger partial charge in [0.25, 0.3) is 0 Å². The van der Waals surface area contributed by atoms with Crippen LogP contribution in [0.4, 0.5) is 18.9 Å². The molecule has 0 radical (unpaired) electrons. The fraction of sp³-hybridized carbons (Fsp3) is 0.600. The van der Waals surface area contributed by atoms with E-state index in [-0.39, 0.29) is 24.3 Å². The Morgan fingerprint density at radius 3 is 2.39 bits per heavy atom. The number of piperidine rings is 1. The van der Waals surface area contributed by atoms with E-state index in [0.29, 0.717) is 38.2 Å². The van der Waals surface area contributed by atoms with Crippen LogP contribution in [-0.2, 0) is 21.0 Å². The molecule has 2 fully saturated rings. The first kappa shape index (κ1) is 23.3. The molecular formula is C20H25F3N4O3S. The highest BCUT2D eigenvalue weighted by Gasteiger charge is 2.43. The van der Waals surface area contributed by atoms with Crippen LogP contribution in [0.5, 0.6) is 0 Å². The van der Waals surface area contributed by atoms with Crippen molar-refractivity contribution < 1.29 is 26.4 Å². The Hall–Kier alpha value is -2.32. The summed E-state index contributed by atoms with van der Waals surface area (Å²) >= 11 is 0. The number of nitrogens with zero attached hydrogens (tertiary/aromatic N) is 3. The van der Waals surface area contributed by atoms with Gasteiger partial charge in [-0.3, -0.25) is 4.79 Å². The zero-order valence-corrected chi connectivity index (χ0v) is 18.1. The maximum Gasteiger partial charge on any atom is 0.417 e. The van der Waals surface area contributed by atoms with Gasteiger partial charge in [-0.25, -0.2) is 12.7 Å². The van der Waals surface area contributed by atoms with Gasteiger partial charge in [-0.15, -0.1) is 0 Å². The number of hydrogen-bond acceptors (Lipinski definition) is 5. The van der Waals surface area contributed by atoms with E-state index in [2.05, 4.69) is 5.32 Å². The topological polar surface area (TPSA) is 93.5 Å². The van der Waals surface area contributed by atoms with E-state index >= 15 is 0 Å².